The summed E-state index contributed by atoms with van der Waals surface area (Å²) in [5.74, 6) is 0.589. The molecule has 3 rings (SSSR count). The van der Waals surface area contributed by atoms with E-state index in [1.165, 1.54) is 5.56 Å². The zero-order chi connectivity index (χ0) is 15.5. The van der Waals surface area contributed by atoms with Gasteiger partial charge in [-0.15, -0.1) is 0 Å². The Morgan fingerprint density at radius 2 is 2.05 bits per heavy atom. The number of anilines is 1. The average molecular weight is 316 g/mol. The molecule has 0 bridgehead atoms. The molecule has 0 aliphatic carbocycles. The second-order valence-corrected chi connectivity index (χ2v) is 5.88. The van der Waals surface area contributed by atoms with E-state index in [1.54, 1.807) is 25.1 Å². The van der Waals surface area contributed by atoms with E-state index in [1.807, 2.05) is 29.2 Å². The molecule has 0 saturated heterocycles. The maximum Gasteiger partial charge on any atom is 0.267 e. The molecule has 0 radical (unpaired) electrons. The molecule has 4 heteroatoms. The highest BCUT2D eigenvalue weighted by Crippen LogP contribution is 2.28. The molecule has 22 heavy (non-hydrogen) atoms. The van der Waals surface area contributed by atoms with Crippen LogP contribution in [0, 0.1) is 0 Å². The Bertz CT molecular complexity index is 686. The highest BCUT2D eigenvalue weighted by molar-refractivity contribution is 6.30. The average Bonchev–Trinajstić information content (AvgIpc) is 2.53. The molecule has 3 nitrogen and oxygen atoms in total. The van der Waals surface area contributed by atoms with Crippen molar-refractivity contribution < 1.29 is 9.53 Å². The van der Waals surface area contributed by atoms with Crippen LogP contribution in [0.25, 0.3) is 0 Å². The third-order valence-electron chi connectivity index (χ3n) is 3.83. The topological polar surface area (TPSA) is 29.5 Å². The summed E-state index contributed by atoms with van der Waals surface area (Å²) in [5.41, 5.74) is 2.22. The van der Waals surface area contributed by atoms with E-state index in [-0.39, 0.29) is 5.91 Å². The van der Waals surface area contributed by atoms with Crippen LogP contribution < -0.4 is 9.64 Å². The molecule has 1 unspecified atom stereocenters. The summed E-state index contributed by atoms with van der Waals surface area (Å²) in [6, 6.07) is 15.2. The lowest BCUT2D eigenvalue weighted by molar-refractivity contribution is -0.124. The minimum atomic E-state index is -0.551. The largest absolute Gasteiger partial charge is 0.481 e. The zero-order valence-electron chi connectivity index (χ0n) is 12.5. The number of fused-ring (bicyclic) bond motifs is 1. The van der Waals surface area contributed by atoms with Gasteiger partial charge in [-0.2, -0.15) is 0 Å². The smallest absolute Gasteiger partial charge is 0.267 e. The lowest BCUT2D eigenvalue weighted by Crippen LogP contribution is -2.43. The number of carbonyl (C=O) groups excluding carboxylic acids is 1. The van der Waals surface area contributed by atoms with Gasteiger partial charge < -0.3 is 9.64 Å². The van der Waals surface area contributed by atoms with Crippen molar-refractivity contribution in [3.8, 4) is 5.75 Å². The monoisotopic (exact) mass is 315 g/mol. The lowest BCUT2D eigenvalue weighted by Gasteiger charge is -2.31. The molecule has 1 amide bonds. The van der Waals surface area contributed by atoms with Gasteiger partial charge in [-0.05, 0) is 49.6 Å². The van der Waals surface area contributed by atoms with E-state index < -0.39 is 6.10 Å². The van der Waals surface area contributed by atoms with Gasteiger partial charge in [0, 0.05) is 17.3 Å². The molecule has 0 fully saturated rings. The molecular formula is C18H18ClNO2. The van der Waals surface area contributed by atoms with Crippen molar-refractivity contribution >= 4 is 23.2 Å². The van der Waals surface area contributed by atoms with Gasteiger partial charge in [0.05, 0.1) is 0 Å². The molecule has 114 valence electrons. The van der Waals surface area contributed by atoms with Gasteiger partial charge in [-0.25, -0.2) is 0 Å². The van der Waals surface area contributed by atoms with Gasteiger partial charge in [-0.1, -0.05) is 35.9 Å². The van der Waals surface area contributed by atoms with Crippen LogP contribution in [0.1, 0.15) is 18.9 Å². The van der Waals surface area contributed by atoms with E-state index in [4.69, 9.17) is 16.3 Å². The van der Waals surface area contributed by atoms with Crippen LogP contribution in [-0.4, -0.2) is 18.6 Å². The molecule has 0 N–H and O–H groups in total. The number of halogens is 1. The SMILES string of the molecule is CC(Oc1cccc(Cl)c1)C(=O)N1CCCc2ccccc21. The van der Waals surface area contributed by atoms with E-state index in [2.05, 4.69) is 6.07 Å². The summed E-state index contributed by atoms with van der Waals surface area (Å²) >= 11 is 5.95. The van der Waals surface area contributed by atoms with Crippen molar-refractivity contribution in [2.45, 2.75) is 25.9 Å². The molecule has 0 saturated carbocycles. The van der Waals surface area contributed by atoms with E-state index >= 15 is 0 Å². The number of hydrogen-bond donors (Lipinski definition) is 0. The Morgan fingerprint density at radius 1 is 1.23 bits per heavy atom. The number of benzene rings is 2. The molecule has 2 aromatic carbocycles. The molecule has 1 aliphatic rings. The fourth-order valence-corrected chi connectivity index (χ4v) is 2.96. The number of aryl methyl sites for hydroxylation is 1. The number of carbonyl (C=O) groups is 1. The van der Waals surface area contributed by atoms with Gasteiger partial charge in [0.1, 0.15) is 5.75 Å². The number of nitrogens with zero attached hydrogens (tertiary/aromatic N) is 1. The van der Waals surface area contributed by atoms with Gasteiger partial charge >= 0.3 is 0 Å². The fourth-order valence-electron chi connectivity index (χ4n) is 2.78. The van der Waals surface area contributed by atoms with Gasteiger partial charge in [0.2, 0.25) is 0 Å². The first-order valence-electron chi connectivity index (χ1n) is 7.46. The normalized spacial score (nSPS) is 15.1. The summed E-state index contributed by atoms with van der Waals surface area (Å²) in [6.45, 7) is 2.51. The Morgan fingerprint density at radius 3 is 2.86 bits per heavy atom. The van der Waals surface area contributed by atoms with Crippen molar-refractivity contribution in [1.29, 1.82) is 0 Å². The first-order chi connectivity index (χ1) is 10.6. The summed E-state index contributed by atoms with van der Waals surface area (Å²) in [7, 11) is 0. The number of rotatable bonds is 3. The van der Waals surface area contributed by atoms with E-state index in [0.29, 0.717) is 10.8 Å². The predicted molar refractivity (Wildman–Crippen MR) is 88.7 cm³/mol. The van der Waals surface area contributed by atoms with Crippen LogP contribution in [-0.2, 0) is 11.2 Å². The van der Waals surface area contributed by atoms with Crippen LogP contribution in [0.4, 0.5) is 5.69 Å². The fraction of sp³-hybridized carbons (Fsp3) is 0.278. The summed E-state index contributed by atoms with van der Waals surface area (Å²) in [4.78, 5) is 14.5. The second kappa shape index (κ2) is 6.41. The van der Waals surface area contributed by atoms with Crippen LogP contribution in [0.15, 0.2) is 48.5 Å². The molecule has 2 aromatic rings. The summed E-state index contributed by atoms with van der Waals surface area (Å²) in [5, 5.41) is 0.598. The minimum absolute atomic E-state index is 0.0212. The first-order valence-corrected chi connectivity index (χ1v) is 7.84. The van der Waals surface area contributed by atoms with Crippen LogP contribution in [0.5, 0.6) is 5.75 Å². The quantitative estimate of drug-likeness (QED) is 0.854. The van der Waals surface area contributed by atoms with Crippen molar-refractivity contribution in [1.82, 2.24) is 0 Å². The molecule has 0 aromatic heterocycles. The van der Waals surface area contributed by atoms with Crippen molar-refractivity contribution in [2.24, 2.45) is 0 Å². The molecule has 1 heterocycles. The van der Waals surface area contributed by atoms with Gasteiger partial charge in [-0.3, -0.25) is 4.79 Å². The molecule has 1 aliphatic heterocycles. The summed E-state index contributed by atoms with van der Waals surface area (Å²) < 4.78 is 5.75. The number of para-hydroxylation sites is 1. The molecular weight excluding hydrogens is 298 g/mol. The summed E-state index contributed by atoms with van der Waals surface area (Å²) in [6.07, 6.45) is 1.44. The Balaban J connectivity index is 1.77. The third-order valence-corrected chi connectivity index (χ3v) is 4.07. The predicted octanol–water partition coefficient (Wildman–Crippen LogP) is 4.09. The van der Waals surface area contributed by atoms with Crippen molar-refractivity contribution in [3.05, 3.63) is 59.1 Å². The minimum Gasteiger partial charge on any atom is -0.481 e. The maximum atomic E-state index is 12.7. The van der Waals surface area contributed by atoms with Crippen LogP contribution in [0.3, 0.4) is 0 Å². The second-order valence-electron chi connectivity index (χ2n) is 5.44. The van der Waals surface area contributed by atoms with Crippen molar-refractivity contribution in [2.75, 3.05) is 11.4 Å². The maximum absolute atomic E-state index is 12.7. The van der Waals surface area contributed by atoms with E-state index in [0.717, 1.165) is 25.1 Å². The zero-order valence-corrected chi connectivity index (χ0v) is 13.2. The number of ether oxygens (including phenoxy) is 1. The molecule has 0 spiro atoms. The third kappa shape index (κ3) is 3.09. The Hall–Kier alpha value is -2.00. The lowest BCUT2D eigenvalue weighted by atomic mass is 10.0. The van der Waals surface area contributed by atoms with Gasteiger partial charge in [0.25, 0.3) is 5.91 Å². The molecule has 1 atom stereocenters. The van der Waals surface area contributed by atoms with Crippen LogP contribution >= 0.6 is 11.6 Å². The number of hydrogen-bond acceptors (Lipinski definition) is 2. The standard InChI is InChI=1S/C18H18ClNO2/c1-13(22-16-9-4-8-15(19)12-16)18(21)20-11-5-7-14-6-2-3-10-17(14)20/h2-4,6,8-10,12-13H,5,7,11H2,1H3. The Labute approximate surface area is 135 Å². The highest BCUT2D eigenvalue weighted by atomic mass is 35.5. The number of amides is 1. The Kier molecular flexibility index (Phi) is 4.34. The highest BCUT2D eigenvalue weighted by Gasteiger charge is 2.27. The van der Waals surface area contributed by atoms with Gasteiger partial charge in [0.15, 0.2) is 6.10 Å². The van der Waals surface area contributed by atoms with E-state index in [9.17, 15) is 4.79 Å². The first kappa shape index (κ1) is 14.9. The van der Waals surface area contributed by atoms with Crippen LogP contribution in [0.2, 0.25) is 5.02 Å². The van der Waals surface area contributed by atoms with Crippen molar-refractivity contribution in [3.63, 3.8) is 0 Å².